The fourth-order valence-corrected chi connectivity index (χ4v) is 2.80. The van der Waals surface area contributed by atoms with Crippen LogP contribution in [0.3, 0.4) is 0 Å². The van der Waals surface area contributed by atoms with Crippen LogP contribution in [0.15, 0.2) is 18.3 Å². The van der Waals surface area contributed by atoms with E-state index < -0.39 is 6.04 Å². The molecule has 1 aliphatic rings. The summed E-state index contributed by atoms with van der Waals surface area (Å²) < 4.78 is 1.85. The van der Waals surface area contributed by atoms with Gasteiger partial charge in [-0.2, -0.15) is 0 Å². The van der Waals surface area contributed by atoms with Gasteiger partial charge in [0.1, 0.15) is 5.82 Å². The number of carbonyl (C=O) groups is 1. The predicted molar refractivity (Wildman–Crippen MR) is 89.3 cm³/mol. The number of fused-ring (bicyclic) bond motifs is 1. The lowest BCUT2D eigenvalue weighted by molar-refractivity contribution is -0.133. The average molecular weight is 316 g/mol. The summed E-state index contributed by atoms with van der Waals surface area (Å²) in [6.45, 7) is 8.84. The minimum atomic E-state index is -0.412. The molecule has 3 heterocycles. The Morgan fingerprint density at radius 1 is 1.22 bits per heavy atom. The molecule has 124 valence electrons. The van der Waals surface area contributed by atoms with Gasteiger partial charge in [0.15, 0.2) is 5.65 Å². The van der Waals surface area contributed by atoms with E-state index in [0.29, 0.717) is 13.1 Å². The van der Waals surface area contributed by atoms with E-state index in [4.69, 9.17) is 5.73 Å². The number of nitrogens with zero attached hydrogens (tertiary/aromatic N) is 5. The van der Waals surface area contributed by atoms with Gasteiger partial charge in [-0.05, 0) is 25.0 Å². The molecule has 0 bridgehead atoms. The Balaban J connectivity index is 1.68. The molecule has 23 heavy (non-hydrogen) atoms. The Labute approximate surface area is 136 Å². The first-order chi connectivity index (χ1) is 11.0. The van der Waals surface area contributed by atoms with Crippen molar-refractivity contribution in [3.8, 4) is 0 Å². The van der Waals surface area contributed by atoms with Crippen molar-refractivity contribution in [1.29, 1.82) is 0 Å². The lowest BCUT2D eigenvalue weighted by Crippen LogP contribution is -2.54. The van der Waals surface area contributed by atoms with E-state index in [1.807, 2.05) is 48.5 Å². The molecule has 1 atom stereocenters. The lowest BCUT2D eigenvalue weighted by atomic mass is 10.0. The van der Waals surface area contributed by atoms with Gasteiger partial charge in [-0.25, -0.2) is 9.50 Å². The first kappa shape index (κ1) is 15.7. The van der Waals surface area contributed by atoms with Gasteiger partial charge >= 0.3 is 0 Å². The molecule has 3 rings (SSSR count). The van der Waals surface area contributed by atoms with Crippen molar-refractivity contribution in [2.24, 2.45) is 11.7 Å². The molecule has 1 amide bonds. The molecule has 2 aromatic heterocycles. The second kappa shape index (κ2) is 6.16. The third-order valence-electron chi connectivity index (χ3n) is 4.44. The molecule has 2 N–H and O–H groups in total. The number of aromatic nitrogens is 3. The second-order valence-corrected chi connectivity index (χ2v) is 6.44. The predicted octanol–water partition coefficient (Wildman–Crippen LogP) is 0.670. The van der Waals surface area contributed by atoms with Crippen LogP contribution in [0, 0.1) is 12.8 Å². The van der Waals surface area contributed by atoms with Gasteiger partial charge in [0.25, 0.3) is 0 Å². The third-order valence-corrected chi connectivity index (χ3v) is 4.44. The second-order valence-electron chi connectivity index (χ2n) is 6.44. The van der Waals surface area contributed by atoms with Gasteiger partial charge in [0, 0.05) is 26.2 Å². The highest BCUT2D eigenvalue weighted by atomic mass is 16.2. The number of hydrogen-bond acceptors (Lipinski definition) is 5. The molecule has 7 nitrogen and oxygen atoms in total. The molecular weight excluding hydrogens is 292 g/mol. The Morgan fingerprint density at radius 3 is 2.57 bits per heavy atom. The SMILES string of the molecule is Cc1cnc2ccc(N3CCN(C(=O)[C@@H](N)C(C)C)CC3)nn12. The van der Waals surface area contributed by atoms with Crippen LogP contribution in [0.25, 0.3) is 5.65 Å². The van der Waals surface area contributed by atoms with Gasteiger partial charge in [-0.15, -0.1) is 5.10 Å². The van der Waals surface area contributed by atoms with E-state index in [0.717, 1.165) is 30.2 Å². The van der Waals surface area contributed by atoms with Crippen LogP contribution in [-0.2, 0) is 4.79 Å². The van der Waals surface area contributed by atoms with Crippen molar-refractivity contribution < 1.29 is 4.79 Å². The van der Waals surface area contributed by atoms with Gasteiger partial charge < -0.3 is 15.5 Å². The van der Waals surface area contributed by atoms with Crippen molar-refractivity contribution in [3.05, 3.63) is 24.0 Å². The standard InChI is InChI=1S/C16H24N6O/c1-11(2)15(17)16(23)21-8-6-20(7-9-21)14-5-4-13-18-10-12(3)22(13)19-14/h4-5,10-11,15H,6-9,17H2,1-3H3/t15-/m0/s1. The van der Waals surface area contributed by atoms with Crippen molar-refractivity contribution in [1.82, 2.24) is 19.5 Å². The first-order valence-electron chi connectivity index (χ1n) is 8.08. The van der Waals surface area contributed by atoms with Crippen molar-refractivity contribution >= 4 is 17.4 Å². The number of imidazole rings is 1. The molecule has 0 aliphatic carbocycles. The van der Waals surface area contributed by atoms with Crippen LogP contribution < -0.4 is 10.6 Å². The number of hydrogen-bond donors (Lipinski definition) is 1. The highest BCUT2D eigenvalue weighted by Gasteiger charge is 2.27. The molecule has 7 heteroatoms. The van der Waals surface area contributed by atoms with E-state index in [1.165, 1.54) is 0 Å². The number of aryl methyl sites for hydroxylation is 1. The number of anilines is 1. The van der Waals surface area contributed by atoms with Crippen LogP contribution in [0.4, 0.5) is 5.82 Å². The van der Waals surface area contributed by atoms with Crippen LogP contribution in [0.2, 0.25) is 0 Å². The monoisotopic (exact) mass is 316 g/mol. The Morgan fingerprint density at radius 2 is 1.91 bits per heavy atom. The minimum Gasteiger partial charge on any atom is -0.352 e. The number of piperazine rings is 1. The molecule has 1 fully saturated rings. The summed E-state index contributed by atoms with van der Waals surface area (Å²) in [5, 5.41) is 4.64. The van der Waals surface area contributed by atoms with Crippen molar-refractivity contribution in [2.45, 2.75) is 26.8 Å². The van der Waals surface area contributed by atoms with E-state index in [9.17, 15) is 4.79 Å². The molecule has 2 aromatic rings. The minimum absolute atomic E-state index is 0.0496. The number of rotatable bonds is 3. The average Bonchev–Trinajstić information content (AvgIpc) is 2.94. The molecule has 0 saturated carbocycles. The molecule has 0 unspecified atom stereocenters. The first-order valence-corrected chi connectivity index (χ1v) is 8.08. The highest BCUT2D eigenvalue weighted by molar-refractivity contribution is 5.82. The van der Waals surface area contributed by atoms with Crippen LogP contribution in [-0.4, -0.2) is 57.6 Å². The molecular formula is C16H24N6O. The normalized spacial score (nSPS) is 17.1. The Kier molecular flexibility index (Phi) is 4.21. The fraction of sp³-hybridized carbons (Fsp3) is 0.562. The summed E-state index contributed by atoms with van der Waals surface area (Å²) >= 11 is 0. The third kappa shape index (κ3) is 3.01. The quantitative estimate of drug-likeness (QED) is 0.900. The summed E-state index contributed by atoms with van der Waals surface area (Å²) in [4.78, 5) is 20.7. The Bertz CT molecular complexity index is 702. The summed E-state index contributed by atoms with van der Waals surface area (Å²) in [5.74, 6) is 1.13. The van der Waals surface area contributed by atoms with Gasteiger partial charge in [0.05, 0.1) is 17.9 Å². The van der Waals surface area contributed by atoms with E-state index in [2.05, 4.69) is 15.0 Å². The summed E-state index contributed by atoms with van der Waals surface area (Å²) in [5.41, 5.74) is 7.84. The molecule has 0 radical (unpaired) electrons. The molecule has 0 spiro atoms. The fourth-order valence-electron chi connectivity index (χ4n) is 2.80. The van der Waals surface area contributed by atoms with Crippen LogP contribution in [0.5, 0.6) is 0 Å². The van der Waals surface area contributed by atoms with Gasteiger partial charge in [-0.3, -0.25) is 4.79 Å². The smallest absolute Gasteiger partial charge is 0.239 e. The highest BCUT2D eigenvalue weighted by Crippen LogP contribution is 2.16. The zero-order valence-corrected chi connectivity index (χ0v) is 13.9. The zero-order valence-electron chi connectivity index (χ0n) is 13.9. The maximum absolute atomic E-state index is 12.3. The number of carbonyl (C=O) groups excluding carboxylic acids is 1. The number of amides is 1. The van der Waals surface area contributed by atoms with E-state index >= 15 is 0 Å². The molecule has 1 saturated heterocycles. The maximum Gasteiger partial charge on any atom is 0.239 e. The summed E-state index contributed by atoms with van der Waals surface area (Å²) in [7, 11) is 0. The van der Waals surface area contributed by atoms with Gasteiger partial charge in [-0.1, -0.05) is 13.8 Å². The zero-order chi connectivity index (χ0) is 16.6. The van der Waals surface area contributed by atoms with Crippen molar-refractivity contribution in [3.63, 3.8) is 0 Å². The maximum atomic E-state index is 12.3. The molecule has 0 aromatic carbocycles. The number of nitrogens with two attached hydrogens (primary N) is 1. The summed E-state index contributed by atoms with van der Waals surface area (Å²) in [6.07, 6.45) is 1.82. The van der Waals surface area contributed by atoms with E-state index in [-0.39, 0.29) is 11.8 Å². The van der Waals surface area contributed by atoms with E-state index in [1.54, 1.807) is 0 Å². The van der Waals surface area contributed by atoms with Gasteiger partial charge in [0.2, 0.25) is 5.91 Å². The molecule has 1 aliphatic heterocycles. The summed E-state index contributed by atoms with van der Waals surface area (Å²) in [6, 6.07) is 3.55. The lowest BCUT2D eigenvalue weighted by Gasteiger charge is -2.36. The largest absolute Gasteiger partial charge is 0.352 e. The van der Waals surface area contributed by atoms with Crippen LogP contribution in [0.1, 0.15) is 19.5 Å². The van der Waals surface area contributed by atoms with Crippen molar-refractivity contribution in [2.75, 3.05) is 31.1 Å². The Hall–Kier alpha value is -2.15. The topological polar surface area (TPSA) is 79.8 Å². The van der Waals surface area contributed by atoms with Crippen LogP contribution >= 0.6 is 0 Å².